The van der Waals surface area contributed by atoms with E-state index >= 15 is 0 Å². The van der Waals surface area contributed by atoms with E-state index < -0.39 is 17.2 Å². The number of hydrogen-bond donors (Lipinski definition) is 1. The number of nitrogens with one attached hydrogen (secondary N) is 1. The lowest BCUT2D eigenvalue weighted by atomic mass is 10.0. The number of hydrogen-bond acceptors (Lipinski definition) is 3. The van der Waals surface area contributed by atoms with Crippen molar-refractivity contribution in [1.29, 1.82) is 0 Å². The number of carbonyl (C=O) groups is 1. The summed E-state index contributed by atoms with van der Waals surface area (Å²) in [6, 6.07) is 0. The smallest absolute Gasteiger partial charge is 0.408 e. The van der Waals surface area contributed by atoms with Gasteiger partial charge in [0.1, 0.15) is 11.1 Å². The topological polar surface area (TPSA) is 47.6 Å². The van der Waals surface area contributed by atoms with E-state index in [1.54, 1.807) is 20.8 Å². The van der Waals surface area contributed by atoms with Gasteiger partial charge in [-0.3, -0.25) is 0 Å². The first kappa shape index (κ1) is 11.9. The third-order valence-corrected chi connectivity index (χ3v) is 2.04. The molecule has 0 spiro atoms. The first-order valence-corrected chi connectivity index (χ1v) is 4.94. The van der Waals surface area contributed by atoms with Crippen LogP contribution in [-0.2, 0) is 9.47 Å². The zero-order chi connectivity index (χ0) is 11.5. The molecule has 1 fully saturated rings. The Morgan fingerprint density at radius 2 is 2.27 bits per heavy atom. The fourth-order valence-corrected chi connectivity index (χ4v) is 1.31. The van der Waals surface area contributed by atoms with E-state index in [-0.39, 0.29) is 0 Å². The molecular formula is C11H17NO3. The van der Waals surface area contributed by atoms with Gasteiger partial charge in [-0.05, 0) is 20.8 Å². The fraction of sp³-hybridized carbons (Fsp3) is 0.727. The second-order valence-electron chi connectivity index (χ2n) is 4.66. The molecule has 0 bridgehead atoms. The van der Waals surface area contributed by atoms with Gasteiger partial charge in [-0.15, -0.1) is 6.42 Å². The molecule has 1 rings (SSSR count). The molecule has 1 heterocycles. The van der Waals surface area contributed by atoms with Crippen molar-refractivity contribution in [2.75, 3.05) is 13.2 Å². The van der Waals surface area contributed by atoms with Crippen molar-refractivity contribution in [2.45, 2.75) is 38.3 Å². The van der Waals surface area contributed by atoms with Gasteiger partial charge in [-0.1, -0.05) is 5.92 Å². The minimum absolute atomic E-state index is 0.350. The summed E-state index contributed by atoms with van der Waals surface area (Å²) in [6.07, 6.45) is 5.51. The monoisotopic (exact) mass is 211 g/mol. The number of amides is 1. The van der Waals surface area contributed by atoms with Gasteiger partial charge in [0.2, 0.25) is 0 Å². The highest BCUT2D eigenvalue weighted by atomic mass is 16.6. The van der Waals surface area contributed by atoms with Gasteiger partial charge in [0.05, 0.1) is 13.2 Å². The van der Waals surface area contributed by atoms with Crippen molar-refractivity contribution in [3.05, 3.63) is 0 Å². The molecule has 84 valence electrons. The van der Waals surface area contributed by atoms with Crippen LogP contribution in [0, 0.1) is 12.3 Å². The minimum atomic E-state index is -0.692. The molecule has 1 N–H and O–H groups in total. The summed E-state index contributed by atoms with van der Waals surface area (Å²) >= 11 is 0. The molecule has 15 heavy (non-hydrogen) atoms. The van der Waals surface area contributed by atoms with E-state index in [1.165, 1.54) is 0 Å². The zero-order valence-corrected chi connectivity index (χ0v) is 9.42. The van der Waals surface area contributed by atoms with Crippen LogP contribution in [0.4, 0.5) is 4.79 Å². The molecular weight excluding hydrogens is 194 g/mol. The minimum Gasteiger partial charge on any atom is -0.444 e. The van der Waals surface area contributed by atoms with Crippen LogP contribution in [0.2, 0.25) is 0 Å². The summed E-state index contributed by atoms with van der Waals surface area (Å²) in [5.74, 6) is 2.56. The van der Waals surface area contributed by atoms with Crippen molar-refractivity contribution in [1.82, 2.24) is 5.32 Å². The van der Waals surface area contributed by atoms with Gasteiger partial charge in [0, 0.05) is 6.42 Å². The second kappa shape index (κ2) is 4.11. The first-order valence-electron chi connectivity index (χ1n) is 4.94. The standard InChI is InChI=1S/C11H17NO3/c1-5-11(6-7-14-8-11)12-9(13)15-10(2,3)4/h1H,6-8H2,2-4H3,(H,12,13). The van der Waals surface area contributed by atoms with E-state index in [9.17, 15) is 4.79 Å². The average molecular weight is 211 g/mol. The normalized spacial score (nSPS) is 25.7. The van der Waals surface area contributed by atoms with Crippen LogP contribution < -0.4 is 5.32 Å². The number of terminal acetylenes is 1. The lowest BCUT2D eigenvalue weighted by Gasteiger charge is -2.26. The number of alkyl carbamates (subject to hydrolysis) is 1. The summed E-state index contributed by atoms with van der Waals surface area (Å²) in [5, 5.41) is 2.68. The van der Waals surface area contributed by atoms with Crippen molar-refractivity contribution in [2.24, 2.45) is 0 Å². The molecule has 0 aromatic carbocycles. The largest absolute Gasteiger partial charge is 0.444 e. The Bertz CT molecular complexity index is 279. The predicted octanol–water partition coefficient (Wildman–Crippen LogP) is 1.30. The Hall–Kier alpha value is -1.21. The molecule has 0 aromatic rings. The summed E-state index contributed by atoms with van der Waals surface area (Å²) < 4.78 is 10.3. The van der Waals surface area contributed by atoms with Crippen molar-refractivity contribution < 1.29 is 14.3 Å². The summed E-state index contributed by atoms with van der Waals surface area (Å²) in [4.78, 5) is 11.5. The molecule has 4 nitrogen and oxygen atoms in total. The highest BCUT2D eigenvalue weighted by Crippen LogP contribution is 2.18. The molecule has 1 saturated heterocycles. The van der Waals surface area contributed by atoms with Crippen molar-refractivity contribution in [3.63, 3.8) is 0 Å². The molecule has 4 heteroatoms. The van der Waals surface area contributed by atoms with Gasteiger partial charge < -0.3 is 14.8 Å². The fourth-order valence-electron chi connectivity index (χ4n) is 1.31. The molecule has 1 amide bonds. The Kier molecular flexibility index (Phi) is 3.25. The van der Waals surface area contributed by atoms with Gasteiger partial charge in [-0.2, -0.15) is 0 Å². The Morgan fingerprint density at radius 3 is 2.67 bits per heavy atom. The van der Waals surface area contributed by atoms with E-state index in [4.69, 9.17) is 15.9 Å². The van der Waals surface area contributed by atoms with Crippen LogP contribution in [-0.4, -0.2) is 30.4 Å². The first-order chi connectivity index (χ1) is 6.87. The Labute approximate surface area is 90.3 Å². The second-order valence-corrected chi connectivity index (χ2v) is 4.66. The third kappa shape index (κ3) is 3.45. The number of carbonyl (C=O) groups excluding carboxylic acids is 1. The highest BCUT2D eigenvalue weighted by Gasteiger charge is 2.35. The molecule has 1 atom stereocenters. The zero-order valence-electron chi connectivity index (χ0n) is 9.42. The van der Waals surface area contributed by atoms with Crippen LogP contribution in [0.5, 0.6) is 0 Å². The maximum Gasteiger partial charge on any atom is 0.408 e. The predicted molar refractivity (Wildman–Crippen MR) is 56.4 cm³/mol. The molecule has 1 aliphatic heterocycles. The SMILES string of the molecule is C#CC1(NC(=O)OC(C)(C)C)CCOC1. The average Bonchev–Trinajstić information content (AvgIpc) is 2.50. The number of ether oxygens (including phenoxy) is 2. The lowest BCUT2D eigenvalue weighted by molar-refractivity contribution is 0.0473. The third-order valence-electron chi connectivity index (χ3n) is 2.04. The molecule has 0 aliphatic carbocycles. The van der Waals surface area contributed by atoms with Gasteiger partial charge in [0.25, 0.3) is 0 Å². The van der Waals surface area contributed by atoms with E-state index in [1.807, 2.05) is 0 Å². The molecule has 1 unspecified atom stereocenters. The van der Waals surface area contributed by atoms with E-state index in [2.05, 4.69) is 11.2 Å². The van der Waals surface area contributed by atoms with Gasteiger partial charge >= 0.3 is 6.09 Å². The quantitative estimate of drug-likeness (QED) is 0.665. The van der Waals surface area contributed by atoms with Crippen LogP contribution in [0.3, 0.4) is 0 Å². The summed E-state index contributed by atoms with van der Waals surface area (Å²) in [5.41, 5.74) is -1.21. The van der Waals surface area contributed by atoms with Crippen molar-refractivity contribution >= 4 is 6.09 Å². The maximum absolute atomic E-state index is 11.5. The highest BCUT2D eigenvalue weighted by molar-refractivity contribution is 5.69. The Morgan fingerprint density at radius 1 is 1.60 bits per heavy atom. The molecule has 0 aromatic heterocycles. The number of rotatable bonds is 1. The maximum atomic E-state index is 11.5. The van der Waals surface area contributed by atoms with E-state index in [0.29, 0.717) is 19.6 Å². The molecule has 1 aliphatic rings. The lowest BCUT2D eigenvalue weighted by Crippen LogP contribution is -2.49. The van der Waals surface area contributed by atoms with Crippen LogP contribution in [0.15, 0.2) is 0 Å². The van der Waals surface area contributed by atoms with Crippen LogP contribution >= 0.6 is 0 Å². The molecule has 0 radical (unpaired) electrons. The van der Waals surface area contributed by atoms with Crippen LogP contribution in [0.1, 0.15) is 27.2 Å². The summed E-state index contributed by atoms with van der Waals surface area (Å²) in [6.45, 7) is 6.34. The van der Waals surface area contributed by atoms with Gasteiger partial charge in [-0.25, -0.2) is 4.79 Å². The van der Waals surface area contributed by atoms with E-state index in [0.717, 1.165) is 0 Å². The summed E-state index contributed by atoms with van der Waals surface area (Å²) in [7, 11) is 0. The van der Waals surface area contributed by atoms with Crippen molar-refractivity contribution in [3.8, 4) is 12.3 Å². The Balaban J connectivity index is 2.54. The molecule has 0 saturated carbocycles. The van der Waals surface area contributed by atoms with Gasteiger partial charge in [0.15, 0.2) is 0 Å². The van der Waals surface area contributed by atoms with Crippen LogP contribution in [0.25, 0.3) is 0 Å².